The molecule has 0 bridgehead atoms. The van der Waals surface area contributed by atoms with E-state index < -0.39 is 0 Å². The highest BCUT2D eigenvalue weighted by atomic mass is 16.5. The zero-order valence-electron chi connectivity index (χ0n) is 13.4. The number of hydrogen-bond donors (Lipinski definition) is 1. The van der Waals surface area contributed by atoms with Crippen molar-refractivity contribution in [3.63, 3.8) is 0 Å². The van der Waals surface area contributed by atoms with Crippen molar-refractivity contribution in [1.82, 2.24) is 14.9 Å². The number of fused-ring (bicyclic) bond motifs is 1. The van der Waals surface area contributed by atoms with Crippen molar-refractivity contribution in [2.75, 3.05) is 6.61 Å². The molecule has 0 saturated carbocycles. The van der Waals surface area contributed by atoms with Gasteiger partial charge in [0, 0.05) is 31.4 Å². The Hall–Kier alpha value is -2.14. The highest BCUT2D eigenvalue weighted by molar-refractivity contribution is 5.78. The zero-order valence-corrected chi connectivity index (χ0v) is 13.4. The van der Waals surface area contributed by atoms with Crippen molar-refractivity contribution in [2.24, 2.45) is 5.92 Å². The van der Waals surface area contributed by atoms with Crippen LogP contribution in [0.25, 0.3) is 0 Å². The first-order valence-corrected chi connectivity index (χ1v) is 8.14. The largest absolute Gasteiger partial charge is 0.376 e. The molecule has 1 aliphatic rings. The van der Waals surface area contributed by atoms with Crippen LogP contribution >= 0.6 is 0 Å². The first-order valence-electron chi connectivity index (χ1n) is 8.14. The third-order valence-corrected chi connectivity index (χ3v) is 4.21. The van der Waals surface area contributed by atoms with Gasteiger partial charge in [-0.05, 0) is 12.0 Å². The van der Waals surface area contributed by atoms with Gasteiger partial charge in [0.1, 0.15) is 5.82 Å². The van der Waals surface area contributed by atoms with E-state index in [0.29, 0.717) is 13.2 Å². The monoisotopic (exact) mass is 313 g/mol. The van der Waals surface area contributed by atoms with Crippen LogP contribution in [0.15, 0.2) is 42.7 Å². The summed E-state index contributed by atoms with van der Waals surface area (Å²) >= 11 is 0. The van der Waals surface area contributed by atoms with E-state index in [-0.39, 0.29) is 17.9 Å². The number of aryl methyl sites for hydroxylation is 1. The average Bonchev–Trinajstić information content (AvgIpc) is 3.03. The van der Waals surface area contributed by atoms with E-state index in [1.54, 1.807) is 0 Å². The number of nitrogens with one attached hydrogen (secondary N) is 1. The second kappa shape index (κ2) is 7.42. The molecule has 0 aliphatic carbocycles. The number of nitrogens with zero attached hydrogens (tertiary/aromatic N) is 2. The van der Waals surface area contributed by atoms with Crippen LogP contribution in [0.1, 0.15) is 24.7 Å². The molecule has 5 heteroatoms. The second-order valence-corrected chi connectivity index (χ2v) is 6.14. The normalized spacial score (nSPS) is 18.2. The van der Waals surface area contributed by atoms with Crippen LogP contribution < -0.4 is 5.32 Å². The van der Waals surface area contributed by atoms with Crippen LogP contribution in [0.5, 0.6) is 0 Å². The summed E-state index contributed by atoms with van der Waals surface area (Å²) in [6, 6.07) is 10.2. The SMILES string of the molecule is C[C@H](COCc1ccccc1)C(=O)N[C@@H]1CCc2nccn2C1. The standard InChI is InChI=1S/C18H23N3O2/c1-14(12-23-13-15-5-3-2-4-6-15)18(22)20-16-7-8-17-19-9-10-21(17)11-16/h2-6,9-10,14,16H,7-8,11-13H2,1H3,(H,20,22)/t14-,16-/m1/s1. The highest BCUT2D eigenvalue weighted by Crippen LogP contribution is 2.13. The third kappa shape index (κ3) is 4.20. The summed E-state index contributed by atoms with van der Waals surface area (Å²) < 4.78 is 7.78. The molecular weight excluding hydrogens is 290 g/mol. The van der Waals surface area contributed by atoms with Crippen molar-refractivity contribution in [3.05, 3.63) is 54.1 Å². The lowest BCUT2D eigenvalue weighted by Gasteiger charge is -2.26. The fourth-order valence-corrected chi connectivity index (χ4v) is 2.83. The van der Waals surface area contributed by atoms with E-state index in [1.807, 2.05) is 49.6 Å². The summed E-state index contributed by atoms with van der Waals surface area (Å²) in [6.07, 6.45) is 5.65. The van der Waals surface area contributed by atoms with Crippen molar-refractivity contribution >= 4 is 5.91 Å². The van der Waals surface area contributed by atoms with Crippen molar-refractivity contribution in [2.45, 2.75) is 39.0 Å². The molecule has 5 nitrogen and oxygen atoms in total. The third-order valence-electron chi connectivity index (χ3n) is 4.21. The average molecular weight is 313 g/mol. The molecule has 1 aromatic carbocycles. The van der Waals surface area contributed by atoms with Gasteiger partial charge in [-0.2, -0.15) is 0 Å². The number of rotatable bonds is 6. The molecule has 0 spiro atoms. The Morgan fingerprint density at radius 2 is 2.26 bits per heavy atom. The Bertz CT molecular complexity index is 639. The molecule has 1 aliphatic heterocycles. The first kappa shape index (κ1) is 15.7. The molecule has 1 aromatic heterocycles. The van der Waals surface area contributed by atoms with Crippen LogP contribution in [-0.2, 0) is 29.1 Å². The fourth-order valence-electron chi connectivity index (χ4n) is 2.83. The number of imidazole rings is 1. The van der Waals surface area contributed by atoms with Gasteiger partial charge in [0.25, 0.3) is 0 Å². The maximum absolute atomic E-state index is 12.3. The topological polar surface area (TPSA) is 56.1 Å². The molecule has 23 heavy (non-hydrogen) atoms. The highest BCUT2D eigenvalue weighted by Gasteiger charge is 2.22. The lowest BCUT2D eigenvalue weighted by atomic mass is 10.1. The van der Waals surface area contributed by atoms with Crippen LogP contribution in [0, 0.1) is 5.92 Å². The summed E-state index contributed by atoms with van der Waals surface area (Å²) in [5, 5.41) is 3.13. The van der Waals surface area contributed by atoms with Gasteiger partial charge >= 0.3 is 0 Å². The molecule has 0 saturated heterocycles. The van der Waals surface area contributed by atoms with E-state index in [1.165, 1.54) is 0 Å². The van der Waals surface area contributed by atoms with Gasteiger partial charge in [0.2, 0.25) is 5.91 Å². The van der Waals surface area contributed by atoms with Gasteiger partial charge in [-0.3, -0.25) is 4.79 Å². The summed E-state index contributed by atoms with van der Waals surface area (Å²) in [4.78, 5) is 16.6. The van der Waals surface area contributed by atoms with Gasteiger partial charge in [0.15, 0.2) is 0 Å². The number of amides is 1. The summed E-state index contributed by atoms with van der Waals surface area (Å²) in [7, 11) is 0. The molecule has 0 unspecified atom stereocenters. The molecule has 1 N–H and O–H groups in total. The predicted molar refractivity (Wildman–Crippen MR) is 87.7 cm³/mol. The Labute approximate surface area is 136 Å². The molecule has 3 rings (SSSR count). The summed E-state index contributed by atoms with van der Waals surface area (Å²) in [5.74, 6) is 1.02. The fraction of sp³-hybridized carbons (Fsp3) is 0.444. The van der Waals surface area contributed by atoms with Gasteiger partial charge in [-0.15, -0.1) is 0 Å². The van der Waals surface area contributed by atoms with Gasteiger partial charge in [0.05, 0.1) is 19.1 Å². The molecule has 122 valence electrons. The van der Waals surface area contributed by atoms with E-state index in [0.717, 1.165) is 30.8 Å². The minimum atomic E-state index is -0.150. The molecule has 1 amide bonds. The van der Waals surface area contributed by atoms with Crippen LogP contribution in [-0.4, -0.2) is 28.1 Å². The minimum absolute atomic E-state index is 0.0617. The van der Waals surface area contributed by atoms with Crippen molar-refractivity contribution in [3.8, 4) is 0 Å². The maximum atomic E-state index is 12.3. The Morgan fingerprint density at radius 3 is 3.09 bits per heavy atom. The van der Waals surface area contributed by atoms with Crippen molar-refractivity contribution < 1.29 is 9.53 Å². The number of ether oxygens (including phenoxy) is 1. The van der Waals surface area contributed by atoms with E-state index in [4.69, 9.17) is 4.74 Å². The molecule has 0 fully saturated rings. The van der Waals surface area contributed by atoms with E-state index >= 15 is 0 Å². The molecule has 0 radical (unpaired) electrons. The predicted octanol–water partition coefficient (Wildman–Crippen LogP) is 2.17. The van der Waals surface area contributed by atoms with Crippen LogP contribution in [0.4, 0.5) is 0 Å². The van der Waals surface area contributed by atoms with Crippen molar-refractivity contribution in [1.29, 1.82) is 0 Å². The molecule has 2 aromatic rings. The number of hydrogen-bond acceptors (Lipinski definition) is 3. The number of aromatic nitrogens is 2. The Balaban J connectivity index is 1.41. The quantitative estimate of drug-likeness (QED) is 0.889. The summed E-state index contributed by atoms with van der Waals surface area (Å²) in [5.41, 5.74) is 1.13. The van der Waals surface area contributed by atoms with Gasteiger partial charge in [-0.1, -0.05) is 37.3 Å². The van der Waals surface area contributed by atoms with Crippen LogP contribution in [0.3, 0.4) is 0 Å². The Kier molecular flexibility index (Phi) is 5.08. The van der Waals surface area contributed by atoms with E-state index in [2.05, 4.69) is 14.9 Å². The first-order chi connectivity index (χ1) is 11.2. The lowest BCUT2D eigenvalue weighted by Crippen LogP contribution is -2.43. The van der Waals surface area contributed by atoms with Crippen LogP contribution in [0.2, 0.25) is 0 Å². The molecular formula is C18H23N3O2. The van der Waals surface area contributed by atoms with Gasteiger partial charge in [-0.25, -0.2) is 4.98 Å². The molecule has 2 heterocycles. The number of carbonyl (C=O) groups is 1. The Morgan fingerprint density at radius 1 is 1.43 bits per heavy atom. The molecule has 2 atom stereocenters. The maximum Gasteiger partial charge on any atom is 0.225 e. The second-order valence-electron chi connectivity index (χ2n) is 6.14. The zero-order chi connectivity index (χ0) is 16.1. The van der Waals surface area contributed by atoms with Gasteiger partial charge < -0.3 is 14.6 Å². The number of benzene rings is 1. The minimum Gasteiger partial charge on any atom is -0.376 e. The lowest BCUT2D eigenvalue weighted by molar-refractivity contribution is -0.127. The summed E-state index contributed by atoms with van der Waals surface area (Å²) in [6.45, 7) is 3.69. The van der Waals surface area contributed by atoms with E-state index in [9.17, 15) is 4.79 Å². The number of carbonyl (C=O) groups excluding carboxylic acids is 1. The smallest absolute Gasteiger partial charge is 0.225 e.